The molecule has 3 rings (SSSR count). The van der Waals surface area contributed by atoms with Gasteiger partial charge >= 0.3 is 0 Å². The predicted molar refractivity (Wildman–Crippen MR) is 82.6 cm³/mol. The van der Waals surface area contributed by atoms with Crippen LogP contribution in [0.2, 0.25) is 0 Å². The summed E-state index contributed by atoms with van der Waals surface area (Å²) in [5.74, 6) is -3.40. The first-order valence-electron chi connectivity index (χ1n) is 6.85. The minimum atomic E-state index is -1.51. The quantitative estimate of drug-likeness (QED) is 0.710. The Kier molecular flexibility index (Phi) is 3.82. The van der Waals surface area contributed by atoms with Crippen LogP contribution < -0.4 is 10.1 Å². The third kappa shape index (κ3) is 2.79. The summed E-state index contributed by atoms with van der Waals surface area (Å²) in [6, 6.07) is 8.99. The van der Waals surface area contributed by atoms with Gasteiger partial charge in [-0.1, -0.05) is 0 Å². The molecule has 0 aliphatic heterocycles. The van der Waals surface area contributed by atoms with Crippen LogP contribution in [0.4, 0.5) is 24.5 Å². The lowest BCUT2D eigenvalue weighted by Gasteiger charge is -2.13. The maximum absolute atomic E-state index is 13.9. The number of pyridine rings is 1. The van der Waals surface area contributed by atoms with Crippen molar-refractivity contribution < 1.29 is 17.9 Å². The molecule has 0 unspecified atom stereocenters. The van der Waals surface area contributed by atoms with Crippen molar-refractivity contribution >= 4 is 22.3 Å². The molecule has 0 spiro atoms. The highest BCUT2D eigenvalue weighted by molar-refractivity contribution is 5.94. The molecule has 2 aromatic carbocycles. The van der Waals surface area contributed by atoms with E-state index in [1.807, 2.05) is 0 Å². The number of benzene rings is 2. The molecule has 0 atom stereocenters. The molecule has 0 bridgehead atoms. The van der Waals surface area contributed by atoms with Crippen molar-refractivity contribution in [2.75, 3.05) is 12.4 Å². The summed E-state index contributed by atoms with van der Waals surface area (Å²) in [5, 5.41) is 3.48. The summed E-state index contributed by atoms with van der Waals surface area (Å²) in [5.41, 5.74) is 1.75. The molecule has 3 nitrogen and oxygen atoms in total. The monoisotopic (exact) mass is 318 g/mol. The molecule has 1 N–H and O–H groups in total. The number of nitrogens with zero attached hydrogens (tertiary/aromatic N) is 1. The summed E-state index contributed by atoms with van der Waals surface area (Å²) < 4.78 is 45.5. The molecule has 3 aromatic rings. The highest BCUT2D eigenvalue weighted by Gasteiger charge is 2.15. The van der Waals surface area contributed by atoms with Crippen LogP contribution in [0.3, 0.4) is 0 Å². The van der Waals surface area contributed by atoms with Gasteiger partial charge in [-0.3, -0.25) is 4.98 Å². The van der Waals surface area contributed by atoms with Crippen LogP contribution >= 0.6 is 0 Å². The fourth-order valence-corrected chi connectivity index (χ4v) is 2.34. The van der Waals surface area contributed by atoms with Gasteiger partial charge in [0.25, 0.3) is 0 Å². The van der Waals surface area contributed by atoms with Gasteiger partial charge in [0, 0.05) is 16.8 Å². The van der Waals surface area contributed by atoms with Crippen molar-refractivity contribution in [1.29, 1.82) is 0 Å². The second-order valence-electron chi connectivity index (χ2n) is 5.04. The fourth-order valence-electron chi connectivity index (χ4n) is 2.34. The number of rotatable bonds is 3. The molecule has 118 valence electrons. The SMILES string of the molecule is COc1ccc2nc(C)cc(Nc3ccc(F)c(F)c3F)c2c1. The molecule has 0 radical (unpaired) electrons. The average Bonchev–Trinajstić information content (AvgIpc) is 2.55. The van der Waals surface area contributed by atoms with E-state index in [9.17, 15) is 13.2 Å². The third-order valence-electron chi connectivity index (χ3n) is 3.45. The molecular formula is C17H13F3N2O. The summed E-state index contributed by atoms with van der Waals surface area (Å²) in [6.07, 6.45) is 0. The van der Waals surface area contributed by atoms with Crippen LogP contribution in [0.5, 0.6) is 5.75 Å². The summed E-state index contributed by atoms with van der Waals surface area (Å²) in [4.78, 5) is 4.38. The van der Waals surface area contributed by atoms with Crippen molar-refractivity contribution in [2.24, 2.45) is 0 Å². The van der Waals surface area contributed by atoms with Gasteiger partial charge < -0.3 is 10.1 Å². The van der Waals surface area contributed by atoms with E-state index in [-0.39, 0.29) is 5.69 Å². The average molecular weight is 318 g/mol. The van der Waals surface area contributed by atoms with Gasteiger partial charge in [-0.25, -0.2) is 13.2 Å². The minimum absolute atomic E-state index is 0.154. The molecule has 23 heavy (non-hydrogen) atoms. The molecule has 0 aliphatic carbocycles. The Hall–Kier alpha value is -2.76. The lowest BCUT2D eigenvalue weighted by molar-refractivity contribution is 0.415. The first-order valence-corrected chi connectivity index (χ1v) is 6.85. The number of methoxy groups -OCH3 is 1. The summed E-state index contributed by atoms with van der Waals surface area (Å²) in [6.45, 7) is 1.79. The van der Waals surface area contributed by atoms with E-state index in [1.54, 1.807) is 31.2 Å². The Bertz CT molecular complexity index is 897. The summed E-state index contributed by atoms with van der Waals surface area (Å²) >= 11 is 0. The number of halogens is 3. The second-order valence-corrected chi connectivity index (χ2v) is 5.04. The van der Waals surface area contributed by atoms with Crippen LogP contribution in [0, 0.1) is 24.4 Å². The Morgan fingerprint density at radius 1 is 0.957 bits per heavy atom. The van der Waals surface area contributed by atoms with Crippen molar-refractivity contribution in [2.45, 2.75) is 6.92 Å². The zero-order valence-electron chi connectivity index (χ0n) is 12.5. The number of nitrogens with one attached hydrogen (secondary N) is 1. The Balaban J connectivity index is 2.14. The van der Waals surface area contributed by atoms with Crippen molar-refractivity contribution in [3.63, 3.8) is 0 Å². The van der Waals surface area contributed by atoms with Gasteiger partial charge in [0.05, 0.1) is 18.3 Å². The largest absolute Gasteiger partial charge is 0.497 e. The molecule has 0 saturated heterocycles. The fraction of sp³-hybridized carbons (Fsp3) is 0.118. The highest BCUT2D eigenvalue weighted by Crippen LogP contribution is 2.31. The maximum Gasteiger partial charge on any atom is 0.196 e. The molecule has 1 heterocycles. The van der Waals surface area contributed by atoms with Crippen LogP contribution in [-0.4, -0.2) is 12.1 Å². The topological polar surface area (TPSA) is 34.1 Å². The van der Waals surface area contributed by atoms with E-state index in [4.69, 9.17) is 4.74 Å². The van der Waals surface area contributed by atoms with Gasteiger partial charge in [0.2, 0.25) is 0 Å². The highest BCUT2D eigenvalue weighted by atomic mass is 19.2. The van der Waals surface area contributed by atoms with Crippen molar-refractivity contribution in [3.8, 4) is 5.75 Å². The van der Waals surface area contributed by atoms with Crippen LogP contribution in [-0.2, 0) is 0 Å². The normalized spacial score (nSPS) is 10.8. The smallest absolute Gasteiger partial charge is 0.196 e. The Morgan fingerprint density at radius 3 is 2.48 bits per heavy atom. The third-order valence-corrected chi connectivity index (χ3v) is 3.45. The van der Waals surface area contributed by atoms with E-state index in [0.717, 1.165) is 12.1 Å². The molecule has 0 amide bonds. The molecule has 6 heteroatoms. The zero-order valence-corrected chi connectivity index (χ0v) is 12.5. The molecule has 0 aliphatic rings. The number of hydrogen-bond acceptors (Lipinski definition) is 3. The number of fused-ring (bicyclic) bond motifs is 1. The number of aromatic nitrogens is 1. The summed E-state index contributed by atoms with van der Waals surface area (Å²) in [7, 11) is 1.53. The Morgan fingerprint density at radius 2 is 1.74 bits per heavy atom. The zero-order chi connectivity index (χ0) is 16.6. The van der Waals surface area contributed by atoms with Gasteiger partial charge in [-0.15, -0.1) is 0 Å². The van der Waals surface area contributed by atoms with Gasteiger partial charge in [0.15, 0.2) is 17.5 Å². The van der Waals surface area contributed by atoms with Gasteiger partial charge in [0.1, 0.15) is 5.75 Å². The van der Waals surface area contributed by atoms with E-state index in [1.165, 1.54) is 7.11 Å². The van der Waals surface area contributed by atoms with Gasteiger partial charge in [-0.05, 0) is 43.3 Å². The standard InChI is InChI=1S/C17H13F3N2O/c1-9-7-15(11-8-10(23-2)3-5-13(11)21-9)22-14-6-4-12(18)16(19)17(14)20/h3-8H,1-2H3,(H,21,22). The lowest BCUT2D eigenvalue weighted by atomic mass is 10.1. The number of ether oxygens (including phenoxy) is 1. The van der Waals surface area contributed by atoms with Crippen LogP contribution in [0.15, 0.2) is 36.4 Å². The van der Waals surface area contributed by atoms with E-state index in [0.29, 0.717) is 28.0 Å². The van der Waals surface area contributed by atoms with Crippen LogP contribution in [0.1, 0.15) is 5.69 Å². The van der Waals surface area contributed by atoms with Crippen LogP contribution in [0.25, 0.3) is 10.9 Å². The molecule has 1 aromatic heterocycles. The number of hydrogen-bond donors (Lipinski definition) is 1. The first-order chi connectivity index (χ1) is 11.0. The van der Waals surface area contributed by atoms with E-state index >= 15 is 0 Å². The first kappa shape index (κ1) is 15.1. The van der Waals surface area contributed by atoms with E-state index < -0.39 is 17.5 Å². The minimum Gasteiger partial charge on any atom is -0.497 e. The van der Waals surface area contributed by atoms with E-state index in [2.05, 4.69) is 10.3 Å². The second kappa shape index (κ2) is 5.79. The Labute approximate surface area is 130 Å². The number of aryl methyl sites for hydroxylation is 1. The lowest BCUT2D eigenvalue weighted by Crippen LogP contribution is -2.00. The number of anilines is 2. The van der Waals surface area contributed by atoms with Crippen molar-refractivity contribution in [1.82, 2.24) is 4.98 Å². The van der Waals surface area contributed by atoms with Gasteiger partial charge in [-0.2, -0.15) is 0 Å². The maximum atomic E-state index is 13.9. The molecular weight excluding hydrogens is 305 g/mol. The van der Waals surface area contributed by atoms with Crippen molar-refractivity contribution in [3.05, 3.63) is 59.5 Å². The predicted octanol–water partition coefficient (Wildman–Crippen LogP) is 4.71. The molecule has 0 fully saturated rings. The molecule has 0 saturated carbocycles.